The molecule has 0 N–H and O–H groups in total. The van der Waals surface area contributed by atoms with Crippen LogP contribution >= 0.6 is 15.9 Å². The highest BCUT2D eigenvalue weighted by molar-refractivity contribution is 9.10. The zero-order chi connectivity index (χ0) is 10.9. The van der Waals surface area contributed by atoms with Crippen LogP contribution in [0.15, 0.2) is 16.6 Å². The van der Waals surface area contributed by atoms with E-state index in [0.29, 0.717) is 4.47 Å². The monoisotopic (exact) mass is 262 g/mol. The summed E-state index contributed by atoms with van der Waals surface area (Å²) in [7, 11) is 0. The summed E-state index contributed by atoms with van der Waals surface area (Å²) >= 11 is 3.05. The van der Waals surface area contributed by atoms with Crippen LogP contribution in [0.25, 0.3) is 0 Å². The van der Waals surface area contributed by atoms with Crippen molar-refractivity contribution in [1.82, 2.24) is 0 Å². The Bertz CT molecular complexity index is 311. The molecule has 3 heteroatoms. The fourth-order valence-electron chi connectivity index (χ4n) is 1.32. The predicted molar refractivity (Wildman–Crippen MR) is 57.3 cm³/mol. The van der Waals surface area contributed by atoms with Crippen molar-refractivity contribution >= 4 is 15.9 Å². The van der Waals surface area contributed by atoms with Crippen molar-refractivity contribution in [2.24, 2.45) is 5.92 Å². The SMILES string of the molecule is CC(C)[C@H](C)c1c(F)cc(Br)cc1F. The molecular weight excluding hydrogens is 250 g/mol. The molecule has 0 aromatic heterocycles. The van der Waals surface area contributed by atoms with E-state index in [9.17, 15) is 8.78 Å². The van der Waals surface area contributed by atoms with Gasteiger partial charge in [-0.1, -0.05) is 36.7 Å². The van der Waals surface area contributed by atoms with Crippen molar-refractivity contribution in [3.63, 3.8) is 0 Å². The molecule has 0 heterocycles. The largest absolute Gasteiger partial charge is 0.207 e. The first-order chi connectivity index (χ1) is 6.43. The van der Waals surface area contributed by atoms with E-state index in [4.69, 9.17) is 0 Å². The molecule has 0 amide bonds. The van der Waals surface area contributed by atoms with E-state index in [1.54, 1.807) is 0 Å². The third-order valence-electron chi connectivity index (χ3n) is 2.50. The molecule has 1 aromatic rings. The lowest BCUT2D eigenvalue weighted by atomic mass is 9.89. The lowest BCUT2D eigenvalue weighted by molar-refractivity contribution is 0.467. The van der Waals surface area contributed by atoms with Gasteiger partial charge in [0.2, 0.25) is 0 Å². The summed E-state index contributed by atoms with van der Waals surface area (Å²) in [5.74, 6) is -0.834. The van der Waals surface area contributed by atoms with Gasteiger partial charge in [0.1, 0.15) is 11.6 Å². The number of halogens is 3. The summed E-state index contributed by atoms with van der Waals surface area (Å²) in [6, 6.07) is 2.61. The molecule has 1 aromatic carbocycles. The Morgan fingerprint density at radius 2 is 1.50 bits per heavy atom. The van der Waals surface area contributed by atoms with Gasteiger partial charge in [0.05, 0.1) is 0 Å². The molecule has 0 radical (unpaired) electrons. The summed E-state index contributed by atoms with van der Waals surface area (Å²) in [5.41, 5.74) is 0.184. The summed E-state index contributed by atoms with van der Waals surface area (Å²) in [6.45, 7) is 5.73. The molecule has 0 unspecified atom stereocenters. The second-order valence-electron chi connectivity index (χ2n) is 3.82. The molecule has 78 valence electrons. The fourth-order valence-corrected chi connectivity index (χ4v) is 1.72. The van der Waals surface area contributed by atoms with Crippen LogP contribution in [-0.2, 0) is 0 Å². The molecule has 0 bridgehead atoms. The van der Waals surface area contributed by atoms with Gasteiger partial charge in [-0.15, -0.1) is 0 Å². The minimum absolute atomic E-state index is 0.108. The van der Waals surface area contributed by atoms with Gasteiger partial charge in [0, 0.05) is 10.0 Å². The zero-order valence-electron chi connectivity index (χ0n) is 8.44. The van der Waals surface area contributed by atoms with Gasteiger partial charge in [0.25, 0.3) is 0 Å². The van der Waals surface area contributed by atoms with Crippen LogP contribution in [0.4, 0.5) is 8.78 Å². The van der Waals surface area contributed by atoms with E-state index in [2.05, 4.69) is 15.9 Å². The van der Waals surface area contributed by atoms with Gasteiger partial charge in [0.15, 0.2) is 0 Å². The summed E-state index contributed by atoms with van der Waals surface area (Å²) in [6.07, 6.45) is 0. The third kappa shape index (κ3) is 2.32. The highest BCUT2D eigenvalue weighted by Gasteiger charge is 2.19. The zero-order valence-corrected chi connectivity index (χ0v) is 10.0. The van der Waals surface area contributed by atoms with E-state index < -0.39 is 11.6 Å². The van der Waals surface area contributed by atoms with Crippen LogP contribution in [0.1, 0.15) is 32.3 Å². The van der Waals surface area contributed by atoms with Crippen molar-refractivity contribution in [2.45, 2.75) is 26.7 Å². The average Bonchev–Trinajstić information content (AvgIpc) is 2.01. The Balaban J connectivity index is 3.20. The number of benzene rings is 1. The first kappa shape index (κ1) is 11.6. The van der Waals surface area contributed by atoms with Gasteiger partial charge >= 0.3 is 0 Å². The maximum atomic E-state index is 13.5. The van der Waals surface area contributed by atoms with Gasteiger partial charge in [-0.2, -0.15) is 0 Å². The Kier molecular flexibility index (Phi) is 3.65. The van der Waals surface area contributed by atoms with Crippen LogP contribution in [-0.4, -0.2) is 0 Å². The number of hydrogen-bond donors (Lipinski definition) is 0. The maximum absolute atomic E-state index is 13.5. The Morgan fingerprint density at radius 1 is 1.07 bits per heavy atom. The number of hydrogen-bond acceptors (Lipinski definition) is 0. The third-order valence-corrected chi connectivity index (χ3v) is 2.96. The molecule has 0 aliphatic carbocycles. The van der Waals surface area contributed by atoms with Crippen molar-refractivity contribution in [3.05, 3.63) is 33.8 Å². The highest BCUT2D eigenvalue weighted by Crippen LogP contribution is 2.30. The molecule has 0 saturated heterocycles. The molecule has 14 heavy (non-hydrogen) atoms. The van der Waals surface area contributed by atoms with Crippen molar-refractivity contribution in [2.75, 3.05) is 0 Å². The minimum Gasteiger partial charge on any atom is -0.207 e. The van der Waals surface area contributed by atoms with Gasteiger partial charge in [-0.25, -0.2) is 8.78 Å². The van der Waals surface area contributed by atoms with Crippen molar-refractivity contribution < 1.29 is 8.78 Å². The summed E-state index contributed by atoms with van der Waals surface area (Å²) in [4.78, 5) is 0. The Morgan fingerprint density at radius 3 is 1.86 bits per heavy atom. The van der Waals surface area contributed by atoms with Gasteiger partial charge in [-0.3, -0.25) is 0 Å². The second-order valence-corrected chi connectivity index (χ2v) is 4.73. The summed E-state index contributed by atoms with van der Waals surface area (Å²) in [5, 5.41) is 0. The Labute approximate surface area is 91.5 Å². The molecule has 0 saturated carbocycles. The van der Waals surface area contributed by atoms with Crippen LogP contribution in [0.5, 0.6) is 0 Å². The van der Waals surface area contributed by atoms with Crippen molar-refractivity contribution in [1.29, 1.82) is 0 Å². The lowest BCUT2D eigenvalue weighted by Crippen LogP contribution is -2.07. The molecule has 0 fully saturated rings. The maximum Gasteiger partial charge on any atom is 0.130 e. The minimum atomic E-state index is -0.474. The smallest absolute Gasteiger partial charge is 0.130 e. The molecule has 0 aliphatic rings. The van der Waals surface area contributed by atoms with E-state index in [1.807, 2.05) is 20.8 Å². The van der Waals surface area contributed by atoms with Crippen molar-refractivity contribution in [3.8, 4) is 0 Å². The van der Waals surface area contributed by atoms with E-state index in [-0.39, 0.29) is 17.4 Å². The lowest BCUT2D eigenvalue weighted by Gasteiger charge is -2.17. The van der Waals surface area contributed by atoms with Gasteiger partial charge in [-0.05, 0) is 24.0 Å². The first-order valence-electron chi connectivity index (χ1n) is 4.58. The summed E-state index contributed by atoms with van der Waals surface area (Å²) < 4.78 is 27.3. The van der Waals surface area contributed by atoms with Gasteiger partial charge < -0.3 is 0 Å². The molecule has 0 aliphatic heterocycles. The fraction of sp³-hybridized carbons (Fsp3) is 0.455. The van der Waals surface area contributed by atoms with Crippen LogP contribution in [0.2, 0.25) is 0 Å². The van der Waals surface area contributed by atoms with E-state index in [0.717, 1.165) is 0 Å². The molecule has 0 nitrogen and oxygen atoms in total. The van der Waals surface area contributed by atoms with E-state index in [1.165, 1.54) is 12.1 Å². The predicted octanol–water partition coefficient (Wildman–Crippen LogP) is 4.49. The topological polar surface area (TPSA) is 0 Å². The van der Waals surface area contributed by atoms with Crippen LogP contribution < -0.4 is 0 Å². The number of rotatable bonds is 2. The van der Waals surface area contributed by atoms with Crippen LogP contribution in [0.3, 0.4) is 0 Å². The second kappa shape index (κ2) is 4.39. The quantitative estimate of drug-likeness (QED) is 0.737. The highest BCUT2D eigenvalue weighted by atomic mass is 79.9. The average molecular weight is 263 g/mol. The molecule has 1 rings (SSSR count). The first-order valence-corrected chi connectivity index (χ1v) is 5.37. The normalized spacial score (nSPS) is 13.4. The Hall–Kier alpha value is -0.440. The molecular formula is C11H13BrF2. The standard InChI is InChI=1S/C11H13BrF2/c1-6(2)7(3)11-9(13)4-8(12)5-10(11)14/h4-7H,1-3H3/t7-/m0/s1. The van der Waals surface area contributed by atoms with E-state index >= 15 is 0 Å². The molecule has 0 spiro atoms. The molecule has 1 atom stereocenters. The van der Waals surface area contributed by atoms with Crippen LogP contribution in [0, 0.1) is 17.6 Å².